The quantitative estimate of drug-likeness (QED) is 0.162. The molecule has 3 saturated heterocycles. The molecule has 0 spiro atoms. The fourth-order valence-corrected chi connectivity index (χ4v) is 10.0. The molecule has 312 valence electrons. The first kappa shape index (κ1) is 40.1. The van der Waals surface area contributed by atoms with Crippen molar-refractivity contribution < 1.29 is 23.9 Å². The van der Waals surface area contributed by atoms with Gasteiger partial charge in [-0.1, -0.05) is 66.6 Å². The Kier molecular flexibility index (Phi) is 11.8. The summed E-state index contributed by atoms with van der Waals surface area (Å²) in [6.45, 7) is 4.93. The van der Waals surface area contributed by atoms with Gasteiger partial charge < -0.3 is 24.8 Å². The molecular weight excluding hydrogens is 778 g/mol. The van der Waals surface area contributed by atoms with E-state index in [1.165, 1.54) is 0 Å². The van der Waals surface area contributed by atoms with Gasteiger partial charge in [0, 0.05) is 68.8 Å². The van der Waals surface area contributed by atoms with Crippen molar-refractivity contribution in [2.45, 2.75) is 88.9 Å². The Morgan fingerprint density at radius 1 is 0.850 bits per heavy atom. The molecule has 4 amide bonds. The van der Waals surface area contributed by atoms with Crippen LogP contribution in [0.3, 0.4) is 0 Å². The average Bonchev–Trinajstić information content (AvgIpc) is 3.60. The monoisotopic (exact) mass is 829 g/mol. The number of halogens is 1. The number of piperidine rings is 3. The lowest BCUT2D eigenvalue weighted by atomic mass is 9.84. The van der Waals surface area contributed by atoms with Crippen LogP contribution in [0.25, 0.3) is 22.4 Å². The van der Waals surface area contributed by atoms with E-state index in [2.05, 4.69) is 49.7 Å². The Labute approximate surface area is 356 Å². The largest absolute Gasteiger partial charge is 0.490 e. The topological polar surface area (TPSA) is 137 Å². The third kappa shape index (κ3) is 8.90. The van der Waals surface area contributed by atoms with Crippen LogP contribution in [0.5, 0.6) is 5.75 Å². The molecule has 1 aliphatic carbocycles. The van der Waals surface area contributed by atoms with E-state index in [-0.39, 0.29) is 42.2 Å². The van der Waals surface area contributed by atoms with Crippen molar-refractivity contribution in [2.75, 3.05) is 38.0 Å². The van der Waals surface area contributed by atoms with Crippen molar-refractivity contribution in [3.63, 3.8) is 0 Å². The van der Waals surface area contributed by atoms with E-state index in [9.17, 15) is 19.2 Å². The number of hydrogen-bond donors (Lipinski definition) is 2. The summed E-state index contributed by atoms with van der Waals surface area (Å²) in [7, 11) is 0. The number of carbonyl (C=O) groups is 4. The minimum absolute atomic E-state index is 0.00316. The number of imide groups is 1. The third-order valence-corrected chi connectivity index (χ3v) is 13.4. The Bertz CT molecular complexity index is 2240. The lowest BCUT2D eigenvalue weighted by Crippen LogP contribution is -2.52. The van der Waals surface area contributed by atoms with Crippen LogP contribution >= 0.6 is 11.6 Å². The molecule has 12 nitrogen and oxygen atoms in total. The molecule has 9 rings (SSSR count). The van der Waals surface area contributed by atoms with Gasteiger partial charge in [-0.25, -0.2) is 9.97 Å². The summed E-state index contributed by atoms with van der Waals surface area (Å²) >= 11 is 6.63. The molecule has 0 radical (unpaired) electrons. The maximum Gasteiger partial charge on any atom is 0.255 e. The Morgan fingerprint density at radius 3 is 2.43 bits per heavy atom. The number of carbonyl (C=O) groups excluding carboxylic acids is 4. The number of likely N-dealkylation sites (tertiary alicyclic amines) is 2. The van der Waals surface area contributed by atoms with Crippen LogP contribution in [0.2, 0.25) is 5.02 Å². The number of nitrogens with zero attached hydrogens (tertiary/aromatic N) is 5. The van der Waals surface area contributed by atoms with Crippen molar-refractivity contribution in [3.05, 3.63) is 95.1 Å². The highest BCUT2D eigenvalue weighted by Crippen LogP contribution is 2.34. The SMILES string of the molecule is O=C1CCC(N2Cc3cc(OC4CCN(CC5CCN(C(=O)C6CCCC(Nc7ncc(Cl)c(-c8cccc(-c9ccccc9)c8)n7)C6)CC5)CC4)ccc3C2=O)C(=O)N1. The molecule has 3 unspecified atom stereocenters. The second-order valence-electron chi connectivity index (χ2n) is 17.1. The summed E-state index contributed by atoms with van der Waals surface area (Å²) in [5.41, 5.74) is 5.29. The van der Waals surface area contributed by atoms with Gasteiger partial charge >= 0.3 is 0 Å². The normalized spacial score (nSPS) is 23.0. The van der Waals surface area contributed by atoms with Gasteiger partial charge in [-0.2, -0.15) is 0 Å². The molecule has 4 fully saturated rings. The van der Waals surface area contributed by atoms with Crippen LogP contribution in [0, 0.1) is 11.8 Å². The van der Waals surface area contributed by atoms with Gasteiger partial charge in [-0.15, -0.1) is 0 Å². The van der Waals surface area contributed by atoms with Gasteiger partial charge in [0.1, 0.15) is 17.9 Å². The van der Waals surface area contributed by atoms with Gasteiger partial charge in [0.05, 0.1) is 16.9 Å². The minimum atomic E-state index is -0.626. The molecule has 3 atom stereocenters. The molecule has 13 heteroatoms. The third-order valence-electron chi connectivity index (χ3n) is 13.1. The van der Waals surface area contributed by atoms with Gasteiger partial charge in [0.25, 0.3) is 5.91 Å². The van der Waals surface area contributed by atoms with Crippen LogP contribution in [0.15, 0.2) is 79.0 Å². The number of nitrogens with one attached hydrogen (secondary N) is 2. The van der Waals surface area contributed by atoms with Crippen LogP contribution < -0.4 is 15.4 Å². The summed E-state index contributed by atoms with van der Waals surface area (Å²) in [6, 6.07) is 23.6. The lowest BCUT2D eigenvalue weighted by Gasteiger charge is -2.39. The Balaban J connectivity index is 0.715. The van der Waals surface area contributed by atoms with Crippen LogP contribution in [-0.2, 0) is 20.9 Å². The number of rotatable bonds is 10. The first-order valence-corrected chi connectivity index (χ1v) is 22.0. The Hall–Kier alpha value is -5.33. The standard InChI is InChI=1S/C47H52ClN7O5/c48-40-27-49-47(52-43(40)33-9-4-8-32(24-33)31-6-2-1-3-7-31)50-36-11-5-10-34(25-36)45(58)54-22-16-30(17-23-54)28-53-20-18-37(19-21-53)60-38-12-13-39-35(26-38)29-55(46(39)59)41-14-15-42(56)51-44(41)57/h1-4,6-9,12-13,24,26-27,30,34,36-37,41H,5,10-11,14-23,25,28-29H2,(H,49,50,52)(H,51,56,57). The number of aromatic nitrogens is 2. The van der Waals surface area contributed by atoms with E-state index in [4.69, 9.17) is 21.3 Å². The predicted molar refractivity (Wildman–Crippen MR) is 229 cm³/mol. The molecule has 5 heterocycles. The highest BCUT2D eigenvalue weighted by molar-refractivity contribution is 6.33. The number of benzene rings is 3. The van der Waals surface area contributed by atoms with Gasteiger partial charge in [-0.3, -0.25) is 24.5 Å². The van der Waals surface area contributed by atoms with Crippen molar-refractivity contribution in [3.8, 4) is 28.1 Å². The first-order valence-electron chi connectivity index (χ1n) is 21.6. The van der Waals surface area contributed by atoms with Crippen LogP contribution in [-0.4, -0.2) is 99.2 Å². The summed E-state index contributed by atoms with van der Waals surface area (Å²) in [4.78, 5) is 66.6. The van der Waals surface area contributed by atoms with Crippen LogP contribution in [0.1, 0.15) is 80.1 Å². The number of hydrogen-bond acceptors (Lipinski definition) is 9. The van der Waals surface area contributed by atoms with Crippen molar-refractivity contribution in [1.29, 1.82) is 0 Å². The molecular formula is C47H52ClN7O5. The molecule has 5 aliphatic rings. The number of amides is 4. The summed E-state index contributed by atoms with van der Waals surface area (Å²) in [5.74, 6) is 1.27. The van der Waals surface area contributed by atoms with E-state index < -0.39 is 11.9 Å². The molecule has 60 heavy (non-hydrogen) atoms. The van der Waals surface area contributed by atoms with E-state index in [0.717, 1.165) is 112 Å². The predicted octanol–water partition coefficient (Wildman–Crippen LogP) is 6.98. The zero-order valence-corrected chi connectivity index (χ0v) is 34.6. The molecule has 1 aromatic heterocycles. The molecule has 4 aromatic rings. The smallest absolute Gasteiger partial charge is 0.255 e. The van der Waals surface area contributed by atoms with E-state index in [0.29, 0.717) is 41.1 Å². The van der Waals surface area contributed by atoms with Crippen molar-refractivity contribution in [2.24, 2.45) is 11.8 Å². The second-order valence-corrected chi connectivity index (χ2v) is 17.6. The fraction of sp³-hybridized carbons (Fsp3) is 0.447. The minimum Gasteiger partial charge on any atom is -0.490 e. The second kappa shape index (κ2) is 17.7. The van der Waals surface area contributed by atoms with E-state index in [1.54, 1.807) is 17.2 Å². The highest BCUT2D eigenvalue weighted by atomic mass is 35.5. The summed E-state index contributed by atoms with van der Waals surface area (Å²) in [5, 5.41) is 6.41. The Morgan fingerprint density at radius 2 is 1.63 bits per heavy atom. The summed E-state index contributed by atoms with van der Waals surface area (Å²) in [6.07, 6.45) is 9.88. The number of ether oxygens (including phenoxy) is 1. The highest BCUT2D eigenvalue weighted by Gasteiger charge is 2.39. The summed E-state index contributed by atoms with van der Waals surface area (Å²) < 4.78 is 6.41. The first-order chi connectivity index (χ1) is 29.2. The lowest BCUT2D eigenvalue weighted by molar-refractivity contribution is -0.138. The zero-order valence-electron chi connectivity index (χ0n) is 33.9. The molecule has 3 aromatic carbocycles. The molecule has 2 N–H and O–H groups in total. The maximum absolute atomic E-state index is 13.8. The molecule has 1 saturated carbocycles. The number of anilines is 1. The fourth-order valence-electron chi connectivity index (χ4n) is 9.83. The zero-order chi connectivity index (χ0) is 41.2. The maximum atomic E-state index is 13.8. The number of fused-ring (bicyclic) bond motifs is 1. The van der Waals surface area contributed by atoms with Crippen molar-refractivity contribution in [1.82, 2.24) is 30.0 Å². The average molecular weight is 830 g/mol. The van der Waals surface area contributed by atoms with E-state index in [1.807, 2.05) is 42.5 Å². The molecule has 0 bridgehead atoms. The van der Waals surface area contributed by atoms with Gasteiger partial charge in [-0.05, 0) is 98.2 Å². The van der Waals surface area contributed by atoms with Gasteiger partial charge in [0.15, 0.2) is 0 Å². The van der Waals surface area contributed by atoms with E-state index >= 15 is 0 Å². The molecule has 4 aliphatic heterocycles. The van der Waals surface area contributed by atoms with Gasteiger partial charge in [0.2, 0.25) is 23.7 Å². The van der Waals surface area contributed by atoms with Crippen LogP contribution in [0.4, 0.5) is 5.95 Å². The van der Waals surface area contributed by atoms with Crippen molar-refractivity contribution >= 4 is 41.2 Å².